The Kier molecular flexibility index (Phi) is 6.21. The van der Waals surface area contributed by atoms with Crippen LogP contribution in [0.25, 0.3) is 0 Å². The largest absolute Gasteiger partial charge is 0.387 e. The van der Waals surface area contributed by atoms with E-state index in [1.54, 1.807) is 0 Å². The minimum atomic E-state index is -0.158. The third-order valence-corrected chi connectivity index (χ3v) is 4.02. The molecule has 1 aromatic rings. The fourth-order valence-corrected chi connectivity index (χ4v) is 2.24. The van der Waals surface area contributed by atoms with Crippen molar-refractivity contribution in [2.45, 2.75) is 46.6 Å². The molecule has 0 heterocycles. The number of nitrogens with two attached hydrogens (primary N) is 1. The second kappa shape index (κ2) is 7.44. The van der Waals surface area contributed by atoms with Crippen LogP contribution in [0.5, 0.6) is 0 Å². The molecular weight excluding hydrogens is 246 g/mol. The van der Waals surface area contributed by atoms with Gasteiger partial charge in [-0.15, -0.1) is 0 Å². The number of amidine groups is 1. The molecule has 3 N–H and O–H groups in total. The highest BCUT2D eigenvalue weighted by molar-refractivity contribution is 5.82. The highest BCUT2D eigenvalue weighted by Crippen LogP contribution is 2.22. The molecule has 0 bridgehead atoms. The first-order valence-electron chi connectivity index (χ1n) is 7.40. The van der Waals surface area contributed by atoms with E-state index in [1.807, 2.05) is 13.8 Å². The van der Waals surface area contributed by atoms with Gasteiger partial charge in [0.2, 0.25) is 0 Å². The van der Waals surface area contributed by atoms with Crippen LogP contribution in [0.1, 0.15) is 44.2 Å². The van der Waals surface area contributed by atoms with Crippen LogP contribution in [0.4, 0.5) is 0 Å². The highest BCUT2D eigenvalue weighted by Gasteiger charge is 2.20. The average Bonchev–Trinajstić information content (AvgIpc) is 2.37. The molecule has 0 aliphatic heterocycles. The van der Waals surface area contributed by atoms with Crippen molar-refractivity contribution in [3.63, 3.8) is 0 Å². The summed E-state index contributed by atoms with van der Waals surface area (Å²) in [6, 6.07) is 8.55. The molecule has 112 valence electrons. The molecule has 0 atom stereocenters. The lowest BCUT2D eigenvalue weighted by atomic mass is 9.86. The van der Waals surface area contributed by atoms with Gasteiger partial charge in [-0.1, -0.05) is 44.5 Å². The van der Waals surface area contributed by atoms with Gasteiger partial charge < -0.3 is 10.6 Å². The molecule has 0 saturated heterocycles. The van der Waals surface area contributed by atoms with Crippen molar-refractivity contribution in [3.05, 3.63) is 35.4 Å². The summed E-state index contributed by atoms with van der Waals surface area (Å²) in [5, 5.41) is 7.56. The van der Waals surface area contributed by atoms with Crippen LogP contribution in [0.3, 0.4) is 0 Å². The van der Waals surface area contributed by atoms with Crippen LogP contribution < -0.4 is 5.73 Å². The fraction of sp³-hybridized carbons (Fsp3) is 0.588. The Morgan fingerprint density at radius 3 is 2.50 bits per heavy atom. The third kappa shape index (κ3) is 5.33. The van der Waals surface area contributed by atoms with Crippen molar-refractivity contribution < 1.29 is 0 Å². The maximum atomic E-state index is 7.56. The number of aryl methyl sites for hydroxylation is 1. The van der Waals surface area contributed by atoms with Gasteiger partial charge in [0.15, 0.2) is 0 Å². The van der Waals surface area contributed by atoms with Crippen LogP contribution in [-0.2, 0) is 6.54 Å². The van der Waals surface area contributed by atoms with Gasteiger partial charge in [0.1, 0.15) is 0 Å². The molecule has 0 radical (unpaired) electrons. The van der Waals surface area contributed by atoms with Crippen molar-refractivity contribution in [2.75, 3.05) is 13.6 Å². The maximum Gasteiger partial charge on any atom is 0.0963 e. The first kappa shape index (κ1) is 16.7. The summed E-state index contributed by atoms with van der Waals surface area (Å²) in [6.07, 6.45) is 3.25. The van der Waals surface area contributed by atoms with E-state index in [0.29, 0.717) is 5.84 Å². The molecule has 0 spiro atoms. The first-order valence-corrected chi connectivity index (χ1v) is 7.40. The van der Waals surface area contributed by atoms with Crippen LogP contribution in [-0.4, -0.2) is 24.3 Å². The Hall–Kier alpha value is -1.35. The van der Waals surface area contributed by atoms with Crippen molar-refractivity contribution in [3.8, 4) is 0 Å². The molecule has 1 aromatic carbocycles. The standard InChI is InChI=1S/C17H29N3/c1-14-9-5-6-10-15(14)13-20(4)12-8-7-11-17(2,3)16(18)19/h5-6,9-10H,7-8,11-13H2,1-4H3,(H3,18,19). The predicted octanol–water partition coefficient (Wildman–Crippen LogP) is 3.56. The molecule has 0 aliphatic rings. The van der Waals surface area contributed by atoms with Crippen molar-refractivity contribution >= 4 is 5.84 Å². The number of hydrogen-bond acceptors (Lipinski definition) is 2. The first-order chi connectivity index (χ1) is 9.33. The van der Waals surface area contributed by atoms with Crippen molar-refractivity contribution in [1.29, 1.82) is 5.41 Å². The van der Waals surface area contributed by atoms with Gasteiger partial charge in [0, 0.05) is 12.0 Å². The topological polar surface area (TPSA) is 53.1 Å². The quantitative estimate of drug-likeness (QED) is 0.433. The van der Waals surface area contributed by atoms with E-state index >= 15 is 0 Å². The van der Waals surface area contributed by atoms with E-state index in [1.165, 1.54) is 11.1 Å². The van der Waals surface area contributed by atoms with E-state index in [9.17, 15) is 0 Å². The zero-order valence-electron chi connectivity index (χ0n) is 13.4. The molecule has 3 heteroatoms. The molecule has 0 fully saturated rings. The predicted molar refractivity (Wildman–Crippen MR) is 87.1 cm³/mol. The van der Waals surface area contributed by atoms with Gasteiger partial charge in [-0.25, -0.2) is 0 Å². The normalized spacial score (nSPS) is 11.8. The molecule has 0 saturated carbocycles. The molecule has 0 aromatic heterocycles. The average molecular weight is 275 g/mol. The number of rotatable bonds is 8. The summed E-state index contributed by atoms with van der Waals surface area (Å²) in [5.41, 5.74) is 8.21. The number of benzene rings is 1. The van der Waals surface area contributed by atoms with E-state index in [4.69, 9.17) is 11.1 Å². The molecule has 0 unspecified atom stereocenters. The lowest BCUT2D eigenvalue weighted by Gasteiger charge is -2.23. The monoisotopic (exact) mass is 275 g/mol. The Morgan fingerprint density at radius 2 is 1.90 bits per heavy atom. The van der Waals surface area contributed by atoms with Crippen LogP contribution in [0.15, 0.2) is 24.3 Å². The summed E-state index contributed by atoms with van der Waals surface area (Å²) in [6.45, 7) is 8.35. The molecule has 20 heavy (non-hydrogen) atoms. The van der Waals surface area contributed by atoms with Gasteiger partial charge >= 0.3 is 0 Å². The fourth-order valence-electron chi connectivity index (χ4n) is 2.24. The van der Waals surface area contributed by atoms with Crippen molar-refractivity contribution in [1.82, 2.24) is 4.90 Å². The second-order valence-electron chi connectivity index (χ2n) is 6.42. The van der Waals surface area contributed by atoms with Gasteiger partial charge in [0.25, 0.3) is 0 Å². The van der Waals surface area contributed by atoms with E-state index in [0.717, 1.165) is 32.4 Å². The van der Waals surface area contributed by atoms with Gasteiger partial charge in [0.05, 0.1) is 5.84 Å². The Morgan fingerprint density at radius 1 is 1.25 bits per heavy atom. The minimum Gasteiger partial charge on any atom is -0.387 e. The lowest BCUT2D eigenvalue weighted by Crippen LogP contribution is -2.31. The van der Waals surface area contributed by atoms with Crippen molar-refractivity contribution in [2.24, 2.45) is 11.1 Å². The van der Waals surface area contributed by atoms with Gasteiger partial charge in [-0.2, -0.15) is 0 Å². The number of nitrogens with one attached hydrogen (secondary N) is 1. The Labute approximate surface area is 123 Å². The maximum absolute atomic E-state index is 7.56. The Balaban J connectivity index is 2.29. The molecule has 0 aliphatic carbocycles. The van der Waals surface area contributed by atoms with E-state index in [-0.39, 0.29) is 5.41 Å². The van der Waals surface area contributed by atoms with Crippen LogP contribution in [0, 0.1) is 17.7 Å². The summed E-state index contributed by atoms with van der Waals surface area (Å²) in [5.74, 6) is 0.297. The minimum absolute atomic E-state index is 0.158. The smallest absolute Gasteiger partial charge is 0.0963 e. The molecule has 3 nitrogen and oxygen atoms in total. The highest BCUT2D eigenvalue weighted by atomic mass is 15.1. The third-order valence-electron chi connectivity index (χ3n) is 4.02. The number of unbranched alkanes of at least 4 members (excludes halogenated alkanes) is 1. The van der Waals surface area contributed by atoms with Gasteiger partial charge in [-0.05, 0) is 44.5 Å². The van der Waals surface area contributed by atoms with Crippen LogP contribution in [0.2, 0.25) is 0 Å². The number of nitrogens with zero attached hydrogens (tertiary/aromatic N) is 1. The molecule has 1 rings (SSSR count). The lowest BCUT2D eigenvalue weighted by molar-refractivity contribution is 0.308. The number of hydrogen-bond donors (Lipinski definition) is 2. The SMILES string of the molecule is Cc1ccccc1CN(C)CCCCC(C)(C)C(=N)N. The summed E-state index contributed by atoms with van der Waals surface area (Å²) in [4.78, 5) is 2.36. The van der Waals surface area contributed by atoms with E-state index in [2.05, 4.69) is 43.1 Å². The van der Waals surface area contributed by atoms with E-state index < -0.39 is 0 Å². The summed E-state index contributed by atoms with van der Waals surface area (Å²) >= 11 is 0. The second-order valence-corrected chi connectivity index (χ2v) is 6.42. The zero-order chi connectivity index (χ0) is 15.2. The molecular formula is C17H29N3. The van der Waals surface area contributed by atoms with Gasteiger partial charge in [-0.3, -0.25) is 5.41 Å². The summed E-state index contributed by atoms with van der Waals surface area (Å²) < 4.78 is 0. The molecule has 0 amide bonds. The Bertz CT molecular complexity index is 438. The zero-order valence-corrected chi connectivity index (χ0v) is 13.4. The van der Waals surface area contributed by atoms with Crippen LogP contribution >= 0.6 is 0 Å². The summed E-state index contributed by atoms with van der Waals surface area (Å²) in [7, 11) is 2.17.